The summed E-state index contributed by atoms with van der Waals surface area (Å²) in [6, 6.07) is 2.04. The number of amides is 1. The Labute approximate surface area is 103 Å². The van der Waals surface area contributed by atoms with Gasteiger partial charge in [-0.1, -0.05) is 6.92 Å². The SMILES string of the molecule is CCc1nc(C(=O)NCc2sccc2C)n[nH]1. The molecule has 90 valence electrons. The van der Waals surface area contributed by atoms with Crippen LogP contribution in [0.1, 0.15) is 33.8 Å². The lowest BCUT2D eigenvalue weighted by Gasteiger charge is -2.01. The number of hydrogen-bond acceptors (Lipinski definition) is 4. The summed E-state index contributed by atoms with van der Waals surface area (Å²) >= 11 is 1.63. The van der Waals surface area contributed by atoms with Crippen LogP contribution in [-0.4, -0.2) is 21.1 Å². The van der Waals surface area contributed by atoms with Crippen LogP contribution in [0.15, 0.2) is 11.4 Å². The Bertz CT molecular complexity index is 517. The summed E-state index contributed by atoms with van der Waals surface area (Å²) in [7, 11) is 0. The van der Waals surface area contributed by atoms with Crippen molar-refractivity contribution in [2.75, 3.05) is 0 Å². The normalized spacial score (nSPS) is 10.5. The van der Waals surface area contributed by atoms with E-state index in [0.717, 1.165) is 17.1 Å². The molecular formula is C11H14N4OS. The first-order chi connectivity index (χ1) is 8.20. The average molecular weight is 250 g/mol. The van der Waals surface area contributed by atoms with Gasteiger partial charge in [0, 0.05) is 11.3 Å². The molecule has 0 aromatic carbocycles. The van der Waals surface area contributed by atoms with Gasteiger partial charge in [0.1, 0.15) is 5.82 Å². The van der Waals surface area contributed by atoms with Gasteiger partial charge in [0.05, 0.1) is 6.54 Å². The molecule has 0 fully saturated rings. The first-order valence-corrected chi connectivity index (χ1v) is 6.31. The Morgan fingerprint density at radius 1 is 1.59 bits per heavy atom. The molecular weight excluding hydrogens is 236 g/mol. The van der Waals surface area contributed by atoms with Crippen LogP contribution in [0.4, 0.5) is 0 Å². The second-order valence-corrected chi connectivity index (χ2v) is 4.67. The number of thiophene rings is 1. The number of aromatic nitrogens is 3. The van der Waals surface area contributed by atoms with Crippen LogP contribution in [0.5, 0.6) is 0 Å². The van der Waals surface area contributed by atoms with Crippen LogP contribution >= 0.6 is 11.3 Å². The summed E-state index contributed by atoms with van der Waals surface area (Å²) in [6.45, 7) is 4.51. The Hall–Kier alpha value is -1.69. The van der Waals surface area contributed by atoms with E-state index in [9.17, 15) is 4.79 Å². The molecule has 0 unspecified atom stereocenters. The van der Waals surface area contributed by atoms with E-state index in [1.807, 2.05) is 25.3 Å². The zero-order chi connectivity index (χ0) is 12.3. The van der Waals surface area contributed by atoms with Crippen molar-refractivity contribution in [2.45, 2.75) is 26.8 Å². The maximum absolute atomic E-state index is 11.7. The largest absolute Gasteiger partial charge is 0.344 e. The third-order valence-corrected chi connectivity index (χ3v) is 3.47. The number of carbonyl (C=O) groups excluding carboxylic acids is 1. The molecule has 1 amide bonds. The van der Waals surface area contributed by atoms with E-state index < -0.39 is 0 Å². The molecule has 0 bridgehead atoms. The third-order valence-electron chi connectivity index (χ3n) is 2.45. The van der Waals surface area contributed by atoms with E-state index in [1.165, 1.54) is 5.56 Å². The number of nitrogens with one attached hydrogen (secondary N) is 2. The standard InChI is InChI=1S/C11H14N4OS/c1-3-9-13-10(15-14-9)11(16)12-6-8-7(2)4-5-17-8/h4-5H,3,6H2,1-2H3,(H,12,16)(H,13,14,15). The second-order valence-electron chi connectivity index (χ2n) is 3.67. The van der Waals surface area contributed by atoms with Crippen LogP contribution < -0.4 is 5.32 Å². The van der Waals surface area contributed by atoms with Crippen molar-refractivity contribution in [3.8, 4) is 0 Å². The minimum Gasteiger partial charge on any atom is -0.344 e. The van der Waals surface area contributed by atoms with Gasteiger partial charge in [-0.3, -0.25) is 9.89 Å². The van der Waals surface area contributed by atoms with Gasteiger partial charge in [-0.25, -0.2) is 4.98 Å². The van der Waals surface area contributed by atoms with Crippen molar-refractivity contribution in [3.05, 3.63) is 33.5 Å². The van der Waals surface area contributed by atoms with Crippen LogP contribution in [0, 0.1) is 6.92 Å². The van der Waals surface area contributed by atoms with Crippen LogP contribution in [-0.2, 0) is 13.0 Å². The average Bonchev–Trinajstić information content (AvgIpc) is 2.94. The molecule has 2 N–H and O–H groups in total. The minimum atomic E-state index is -0.242. The van der Waals surface area contributed by atoms with Gasteiger partial charge in [0.25, 0.3) is 5.91 Å². The lowest BCUT2D eigenvalue weighted by molar-refractivity contribution is 0.0941. The number of carbonyl (C=O) groups is 1. The summed E-state index contributed by atoms with van der Waals surface area (Å²) < 4.78 is 0. The molecule has 2 aromatic heterocycles. The quantitative estimate of drug-likeness (QED) is 0.867. The molecule has 2 aromatic rings. The van der Waals surface area contributed by atoms with Crippen molar-refractivity contribution in [1.29, 1.82) is 0 Å². The minimum absolute atomic E-state index is 0.205. The van der Waals surface area contributed by atoms with E-state index in [0.29, 0.717) is 6.54 Å². The van der Waals surface area contributed by atoms with Gasteiger partial charge in [0.15, 0.2) is 0 Å². The van der Waals surface area contributed by atoms with Crippen LogP contribution in [0.2, 0.25) is 0 Å². The van der Waals surface area contributed by atoms with Gasteiger partial charge in [-0.15, -0.1) is 16.4 Å². The zero-order valence-electron chi connectivity index (χ0n) is 9.78. The van der Waals surface area contributed by atoms with Crippen LogP contribution in [0.25, 0.3) is 0 Å². The number of hydrogen-bond donors (Lipinski definition) is 2. The molecule has 2 rings (SSSR count). The monoisotopic (exact) mass is 250 g/mol. The Morgan fingerprint density at radius 3 is 3.00 bits per heavy atom. The summed E-state index contributed by atoms with van der Waals surface area (Å²) in [6.07, 6.45) is 0.740. The smallest absolute Gasteiger partial charge is 0.291 e. The molecule has 0 radical (unpaired) electrons. The summed E-state index contributed by atoms with van der Waals surface area (Å²) in [5, 5.41) is 11.4. The van der Waals surface area contributed by atoms with Crippen molar-refractivity contribution >= 4 is 17.2 Å². The molecule has 6 heteroatoms. The molecule has 5 nitrogen and oxygen atoms in total. The van der Waals surface area contributed by atoms with Crippen LogP contribution in [0.3, 0.4) is 0 Å². The van der Waals surface area contributed by atoms with E-state index in [-0.39, 0.29) is 11.7 Å². The molecule has 0 atom stereocenters. The second kappa shape index (κ2) is 5.09. The zero-order valence-corrected chi connectivity index (χ0v) is 10.6. The van der Waals surface area contributed by atoms with Gasteiger partial charge in [-0.2, -0.15) is 0 Å². The number of aromatic amines is 1. The number of aryl methyl sites for hydroxylation is 2. The summed E-state index contributed by atoms with van der Waals surface area (Å²) in [5.41, 5.74) is 1.19. The highest BCUT2D eigenvalue weighted by Gasteiger charge is 2.11. The maximum atomic E-state index is 11.7. The van der Waals surface area contributed by atoms with Gasteiger partial charge >= 0.3 is 0 Å². The third kappa shape index (κ3) is 2.71. The van der Waals surface area contributed by atoms with Gasteiger partial charge in [-0.05, 0) is 23.9 Å². The fourth-order valence-electron chi connectivity index (χ4n) is 1.38. The molecule has 0 aliphatic heterocycles. The molecule has 0 saturated heterocycles. The van der Waals surface area contributed by atoms with Crippen molar-refractivity contribution in [3.63, 3.8) is 0 Å². The summed E-state index contributed by atoms with van der Waals surface area (Å²) in [5.74, 6) is 0.687. The summed E-state index contributed by atoms with van der Waals surface area (Å²) in [4.78, 5) is 17.0. The molecule has 0 aliphatic carbocycles. The van der Waals surface area contributed by atoms with Crippen molar-refractivity contribution < 1.29 is 4.79 Å². The highest BCUT2D eigenvalue weighted by atomic mass is 32.1. The maximum Gasteiger partial charge on any atom is 0.291 e. The Morgan fingerprint density at radius 2 is 2.41 bits per heavy atom. The first kappa shape index (κ1) is 11.8. The van der Waals surface area contributed by atoms with Gasteiger partial charge in [0.2, 0.25) is 5.82 Å². The van der Waals surface area contributed by atoms with E-state index in [1.54, 1.807) is 11.3 Å². The predicted molar refractivity (Wildman–Crippen MR) is 66.0 cm³/mol. The molecule has 2 heterocycles. The highest BCUT2D eigenvalue weighted by molar-refractivity contribution is 7.10. The van der Waals surface area contributed by atoms with Gasteiger partial charge < -0.3 is 5.32 Å². The van der Waals surface area contributed by atoms with E-state index in [2.05, 4.69) is 20.5 Å². The Kier molecular flexibility index (Phi) is 3.53. The molecule has 17 heavy (non-hydrogen) atoms. The fourth-order valence-corrected chi connectivity index (χ4v) is 2.23. The molecule has 0 spiro atoms. The highest BCUT2D eigenvalue weighted by Crippen LogP contribution is 2.14. The number of H-pyrrole nitrogens is 1. The van der Waals surface area contributed by atoms with Crippen molar-refractivity contribution in [2.24, 2.45) is 0 Å². The van der Waals surface area contributed by atoms with E-state index >= 15 is 0 Å². The Balaban J connectivity index is 1.95. The lowest BCUT2D eigenvalue weighted by Crippen LogP contribution is -2.23. The number of rotatable bonds is 4. The van der Waals surface area contributed by atoms with E-state index in [4.69, 9.17) is 0 Å². The fraction of sp³-hybridized carbons (Fsp3) is 0.364. The lowest BCUT2D eigenvalue weighted by atomic mass is 10.3. The number of nitrogens with zero attached hydrogens (tertiary/aromatic N) is 2. The van der Waals surface area contributed by atoms with Crippen molar-refractivity contribution in [1.82, 2.24) is 20.5 Å². The topological polar surface area (TPSA) is 70.7 Å². The predicted octanol–water partition coefficient (Wildman–Crippen LogP) is 1.67. The molecule has 0 saturated carbocycles. The molecule has 0 aliphatic rings. The first-order valence-electron chi connectivity index (χ1n) is 5.43.